The Morgan fingerprint density at radius 3 is 1.81 bits per heavy atom. The lowest BCUT2D eigenvalue weighted by Gasteiger charge is -2.48. The average molecular weight is 725 g/mol. The molecule has 13 nitrogen and oxygen atoms in total. The van der Waals surface area contributed by atoms with Gasteiger partial charge in [0, 0.05) is 58.6 Å². The van der Waals surface area contributed by atoms with E-state index in [2.05, 4.69) is 0 Å². The summed E-state index contributed by atoms with van der Waals surface area (Å²) in [7, 11) is 0. The molecule has 52 heavy (non-hydrogen) atoms. The molecule has 13 heteroatoms. The maximum atomic E-state index is 13.3. The smallest absolute Gasteiger partial charge is 0.331 e. The molecule has 0 unspecified atom stereocenters. The first kappa shape index (κ1) is 41.4. The highest BCUT2D eigenvalue weighted by Gasteiger charge is 2.51. The third-order valence-corrected chi connectivity index (χ3v) is 9.09. The van der Waals surface area contributed by atoms with Crippen molar-refractivity contribution >= 4 is 41.9 Å². The first-order valence-electron chi connectivity index (χ1n) is 16.9. The summed E-state index contributed by atoms with van der Waals surface area (Å²) in [6.45, 7) is 12.1. The molecule has 1 aromatic rings. The zero-order valence-corrected chi connectivity index (χ0v) is 31.1. The third-order valence-electron chi connectivity index (χ3n) is 9.09. The van der Waals surface area contributed by atoms with Gasteiger partial charge in [-0.15, -0.1) is 0 Å². The fourth-order valence-corrected chi connectivity index (χ4v) is 6.86. The lowest BCUT2D eigenvalue weighted by atomic mass is 9.60. The molecular weight excluding hydrogens is 676 g/mol. The van der Waals surface area contributed by atoms with Crippen molar-refractivity contribution in [2.45, 2.75) is 106 Å². The Morgan fingerprint density at radius 2 is 1.29 bits per heavy atom. The van der Waals surface area contributed by atoms with Gasteiger partial charge in [-0.05, 0) is 60.1 Å². The van der Waals surface area contributed by atoms with Crippen molar-refractivity contribution in [1.82, 2.24) is 0 Å². The monoisotopic (exact) mass is 724 g/mol. The minimum Gasteiger partial charge on any atom is -0.458 e. The molecule has 0 aromatic heterocycles. The van der Waals surface area contributed by atoms with Crippen LogP contribution in [0.2, 0.25) is 0 Å². The third kappa shape index (κ3) is 10.7. The number of esters is 6. The molecule has 0 radical (unpaired) electrons. The second kappa shape index (κ2) is 17.9. The van der Waals surface area contributed by atoms with E-state index in [0.29, 0.717) is 16.7 Å². The molecule has 0 amide bonds. The Balaban J connectivity index is 2.45. The van der Waals surface area contributed by atoms with Crippen LogP contribution in [0.1, 0.15) is 80.7 Å². The summed E-state index contributed by atoms with van der Waals surface area (Å²) in [6, 6.07) is 8.97. The van der Waals surface area contributed by atoms with Crippen molar-refractivity contribution in [2.24, 2.45) is 11.3 Å². The first-order valence-corrected chi connectivity index (χ1v) is 16.9. The van der Waals surface area contributed by atoms with E-state index in [-0.39, 0.29) is 29.7 Å². The second-order valence-corrected chi connectivity index (χ2v) is 13.4. The molecule has 1 aromatic carbocycles. The maximum absolute atomic E-state index is 13.3. The molecule has 0 fully saturated rings. The average Bonchev–Trinajstić information content (AvgIpc) is 3.03. The minimum absolute atomic E-state index is 0.108. The number of ether oxygens (including phenoxy) is 6. The van der Waals surface area contributed by atoms with Crippen LogP contribution in [0.15, 0.2) is 70.5 Å². The number of benzene rings is 1. The fraction of sp³-hybridized carbons (Fsp3) is 0.487. The van der Waals surface area contributed by atoms with Gasteiger partial charge in [-0.1, -0.05) is 44.2 Å². The highest BCUT2D eigenvalue weighted by atomic mass is 16.6. The largest absolute Gasteiger partial charge is 0.458 e. The number of aliphatic hydroxyl groups excluding tert-OH is 1. The molecule has 0 heterocycles. The van der Waals surface area contributed by atoms with Gasteiger partial charge < -0.3 is 33.5 Å². The number of aliphatic hydroxyl groups is 1. The van der Waals surface area contributed by atoms with Crippen LogP contribution >= 0.6 is 0 Å². The predicted molar refractivity (Wildman–Crippen MR) is 186 cm³/mol. The number of hydrogen-bond acceptors (Lipinski definition) is 13. The van der Waals surface area contributed by atoms with Gasteiger partial charge in [-0.3, -0.25) is 24.0 Å². The molecule has 2 aliphatic rings. The molecule has 6 atom stereocenters. The van der Waals surface area contributed by atoms with Gasteiger partial charge in [0.1, 0.15) is 24.4 Å². The quantitative estimate of drug-likeness (QED) is 0.158. The summed E-state index contributed by atoms with van der Waals surface area (Å²) < 4.78 is 35.0. The fourth-order valence-electron chi connectivity index (χ4n) is 6.86. The highest BCUT2D eigenvalue weighted by molar-refractivity contribution is 5.87. The molecule has 2 aliphatic carbocycles. The first-order chi connectivity index (χ1) is 24.3. The van der Waals surface area contributed by atoms with Crippen molar-refractivity contribution < 1.29 is 62.3 Å². The van der Waals surface area contributed by atoms with E-state index in [0.717, 1.165) is 13.8 Å². The van der Waals surface area contributed by atoms with E-state index >= 15 is 0 Å². The predicted octanol–water partition coefficient (Wildman–Crippen LogP) is 4.86. The number of carbonyl (C=O) groups excluding carboxylic acids is 6. The zero-order valence-electron chi connectivity index (χ0n) is 31.1. The summed E-state index contributed by atoms with van der Waals surface area (Å²) in [5.74, 6) is -5.29. The lowest BCUT2D eigenvalue weighted by Crippen LogP contribution is -2.49. The van der Waals surface area contributed by atoms with E-state index in [1.807, 2.05) is 19.9 Å². The Labute approximate surface area is 303 Å². The van der Waals surface area contributed by atoms with Crippen LogP contribution in [0.25, 0.3) is 6.08 Å². The van der Waals surface area contributed by atoms with Crippen LogP contribution in [0.3, 0.4) is 0 Å². The summed E-state index contributed by atoms with van der Waals surface area (Å²) in [4.78, 5) is 76.5. The normalized spacial score (nSPS) is 27.2. The minimum atomic E-state index is -1.43. The number of rotatable bonds is 9. The Kier molecular flexibility index (Phi) is 14.3. The van der Waals surface area contributed by atoms with Crippen molar-refractivity contribution in [2.75, 3.05) is 6.61 Å². The standard InChI is InChI=1S/C39H48O13/c1-21-31(47-23(3)41)18-30-34(49-25(5)43)17-29(20-40)33(52-35(46)16-15-28-13-11-10-12-14-28)19-32(48-24(4)42)22(2)37(50-26(6)44)38(51-27(7)45)36(21)39(30,8)9/h10-17,30-34,38,40H,18-20H2,1-9H3/b16-15+,29-17+,37-22-/t30-,31-,32-,33-,34-,38+/m0/s1. The van der Waals surface area contributed by atoms with Crippen LogP contribution in [-0.4, -0.2) is 78.0 Å². The van der Waals surface area contributed by atoms with E-state index < -0.39 is 84.3 Å². The number of hydrogen-bond donors (Lipinski definition) is 1. The van der Waals surface area contributed by atoms with Crippen LogP contribution in [-0.2, 0) is 57.2 Å². The summed E-state index contributed by atoms with van der Waals surface area (Å²) in [5, 5.41) is 10.8. The van der Waals surface area contributed by atoms with Gasteiger partial charge in [0.2, 0.25) is 0 Å². The van der Waals surface area contributed by atoms with Gasteiger partial charge in [-0.2, -0.15) is 0 Å². The molecule has 1 N–H and O–H groups in total. The number of fused-ring (bicyclic) bond motifs is 2. The molecule has 0 aliphatic heterocycles. The van der Waals surface area contributed by atoms with E-state index in [1.165, 1.54) is 45.9 Å². The molecule has 0 spiro atoms. The summed E-state index contributed by atoms with van der Waals surface area (Å²) >= 11 is 0. The SMILES string of the molecule is CC(=O)O/C1=C(/C)[C@@H](OC(C)=O)C[C@H](OC(=O)/C=C/c2ccccc2)/C(CO)=C/[C@H](OC(C)=O)[C@@H]2C[C@H](OC(C)=O)C(C)=C([C@H]1OC(C)=O)C2(C)C. The van der Waals surface area contributed by atoms with Gasteiger partial charge in [0.05, 0.1) is 6.61 Å². The molecule has 282 valence electrons. The van der Waals surface area contributed by atoms with Gasteiger partial charge >= 0.3 is 35.8 Å². The molecule has 3 rings (SSSR count). The van der Waals surface area contributed by atoms with Crippen molar-refractivity contribution in [3.05, 3.63) is 76.1 Å². The molecular formula is C39H48O13. The van der Waals surface area contributed by atoms with Crippen LogP contribution in [0, 0.1) is 11.3 Å². The molecule has 0 saturated carbocycles. The van der Waals surface area contributed by atoms with Crippen LogP contribution in [0.4, 0.5) is 0 Å². The molecule has 2 bridgehead atoms. The zero-order chi connectivity index (χ0) is 38.9. The van der Waals surface area contributed by atoms with Gasteiger partial charge in [0.25, 0.3) is 0 Å². The number of carbonyl (C=O) groups is 6. The van der Waals surface area contributed by atoms with Crippen LogP contribution in [0.5, 0.6) is 0 Å². The molecule has 0 saturated heterocycles. The van der Waals surface area contributed by atoms with Crippen LogP contribution < -0.4 is 0 Å². The van der Waals surface area contributed by atoms with Gasteiger partial charge in [-0.25, -0.2) is 4.79 Å². The highest BCUT2D eigenvalue weighted by Crippen LogP contribution is 2.52. The van der Waals surface area contributed by atoms with E-state index in [9.17, 15) is 33.9 Å². The summed E-state index contributed by atoms with van der Waals surface area (Å²) in [5.41, 5.74) is 0.751. The lowest BCUT2D eigenvalue weighted by molar-refractivity contribution is -0.156. The van der Waals surface area contributed by atoms with Crippen molar-refractivity contribution in [3.63, 3.8) is 0 Å². The topological polar surface area (TPSA) is 178 Å². The Hall–Kier alpha value is -5.04. The van der Waals surface area contributed by atoms with Gasteiger partial charge in [0.15, 0.2) is 11.9 Å². The van der Waals surface area contributed by atoms with E-state index in [1.54, 1.807) is 31.2 Å². The Morgan fingerprint density at radius 1 is 0.731 bits per heavy atom. The van der Waals surface area contributed by atoms with Crippen molar-refractivity contribution in [1.29, 1.82) is 0 Å². The maximum Gasteiger partial charge on any atom is 0.331 e. The Bertz CT molecular complexity index is 1660. The second-order valence-electron chi connectivity index (χ2n) is 13.4. The summed E-state index contributed by atoms with van der Waals surface area (Å²) in [6.07, 6.45) is -2.03. The van der Waals surface area contributed by atoms with Crippen molar-refractivity contribution in [3.8, 4) is 0 Å². The van der Waals surface area contributed by atoms with E-state index in [4.69, 9.17) is 28.4 Å².